The molecule has 0 amide bonds. The van der Waals surface area contributed by atoms with E-state index >= 15 is 0 Å². The van der Waals surface area contributed by atoms with Crippen molar-refractivity contribution in [3.8, 4) is 0 Å². The topological polar surface area (TPSA) is 78.9 Å². The normalized spacial score (nSPS) is 12.4. The molecule has 0 aliphatic carbocycles. The van der Waals surface area contributed by atoms with E-state index in [0.29, 0.717) is 19.3 Å². The SMILES string of the molecule is CC/C=C\C/C=C\C/C=C\C/C=C\CCC(=O)OC(COC(=O)CCCCCCCCCCCCCC)COC(=O)CCCCCCCCCCCCCCCCCCCCC. The third-order valence-electron chi connectivity index (χ3n) is 11.6. The zero-order valence-electron chi connectivity index (χ0n) is 41.1. The zero-order valence-corrected chi connectivity index (χ0v) is 41.1. The molecule has 0 aromatic carbocycles. The van der Waals surface area contributed by atoms with Crippen LogP contribution in [0.4, 0.5) is 0 Å². The Kier molecular flexibility index (Phi) is 48.8. The smallest absolute Gasteiger partial charge is 0.306 e. The summed E-state index contributed by atoms with van der Waals surface area (Å²) in [5, 5.41) is 0. The minimum Gasteiger partial charge on any atom is -0.462 e. The summed E-state index contributed by atoms with van der Waals surface area (Å²) >= 11 is 0. The predicted octanol–water partition coefficient (Wildman–Crippen LogP) is 17.5. The first-order valence-electron chi connectivity index (χ1n) is 26.6. The number of ether oxygens (including phenoxy) is 3. The van der Waals surface area contributed by atoms with Crippen molar-refractivity contribution in [3.05, 3.63) is 48.6 Å². The lowest BCUT2D eigenvalue weighted by atomic mass is 10.0. The summed E-state index contributed by atoms with van der Waals surface area (Å²) in [5.74, 6) is -0.969. The molecular weight excluding hydrogens is 769 g/mol. The van der Waals surface area contributed by atoms with E-state index in [2.05, 4.69) is 63.3 Å². The summed E-state index contributed by atoms with van der Waals surface area (Å²) in [6.45, 7) is 6.48. The first-order valence-corrected chi connectivity index (χ1v) is 26.6. The highest BCUT2D eigenvalue weighted by Crippen LogP contribution is 2.16. The van der Waals surface area contributed by atoms with Gasteiger partial charge in [0.25, 0.3) is 0 Å². The van der Waals surface area contributed by atoms with Gasteiger partial charge < -0.3 is 14.2 Å². The maximum absolute atomic E-state index is 12.7. The number of allylic oxidation sites excluding steroid dienone is 8. The van der Waals surface area contributed by atoms with Crippen LogP contribution in [0.15, 0.2) is 48.6 Å². The maximum Gasteiger partial charge on any atom is 0.306 e. The van der Waals surface area contributed by atoms with Crippen LogP contribution < -0.4 is 0 Å². The van der Waals surface area contributed by atoms with Crippen molar-refractivity contribution in [2.24, 2.45) is 0 Å². The summed E-state index contributed by atoms with van der Waals surface area (Å²) in [6.07, 6.45) is 61.2. The van der Waals surface area contributed by atoms with Gasteiger partial charge in [-0.25, -0.2) is 0 Å². The molecule has 0 N–H and O–H groups in total. The third-order valence-corrected chi connectivity index (χ3v) is 11.6. The molecule has 0 heterocycles. The standard InChI is InChI=1S/C56H100O6/c1-4-7-10-13-16-19-22-25-26-27-28-29-30-32-34-37-40-43-46-49-55(58)61-52-53(51-60-54(57)48-45-42-39-36-33-24-21-18-15-12-9-6-3)62-56(59)50-47-44-41-38-35-31-23-20-17-14-11-8-5-2/h8,11,17,20,31,35,41,44,53H,4-7,9-10,12-16,18-19,21-30,32-34,36-40,42-43,45-52H2,1-3H3/b11-8-,20-17-,35-31-,44-41-. The van der Waals surface area contributed by atoms with Crippen LogP contribution in [0, 0.1) is 0 Å². The number of rotatable bonds is 48. The lowest BCUT2D eigenvalue weighted by Gasteiger charge is -2.18. The maximum atomic E-state index is 12.7. The Bertz CT molecular complexity index is 1090. The van der Waals surface area contributed by atoms with Gasteiger partial charge in [0.05, 0.1) is 0 Å². The van der Waals surface area contributed by atoms with Crippen molar-refractivity contribution in [2.75, 3.05) is 13.2 Å². The van der Waals surface area contributed by atoms with Crippen LogP contribution in [-0.4, -0.2) is 37.2 Å². The van der Waals surface area contributed by atoms with Crippen molar-refractivity contribution in [3.63, 3.8) is 0 Å². The predicted molar refractivity (Wildman–Crippen MR) is 265 cm³/mol. The van der Waals surface area contributed by atoms with E-state index in [1.54, 1.807) is 0 Å². The third kappa shape index (κ3) is 48.4. The molecule has 0 fully saturated rings. The molecule has 1 atom stereocenters. The Hall–Kier alpha value is -2.63. The number of carbonyl (C=O) groups excluding carboxylic acids is 3. The van der Waals surface area contributed by atoms with Crippen LogP contribution in [0.2, 0.25) is 0 Å². The van der Waals surface area contributed by atoms with Gasteiger partial charge in [0.15, 0.2) is 6.10 Å². The lowest BCUT2D eigenvalue weighted by molar-refractivity contribution is -0.166. The van der Waals surface area contributed by atoms with Gasteiger partial charge in [-0.2, -0.15) is 0 Å². The molecule has 0 aromatic rings. The van der Waals surface area contributed by atoms with E-state index in [-0.39, 0.29) is 37.5 Å². The van der Waals surface area contributed by atoms with Crippen LogP contribution >= 0.6 is 0 Å². The van der Waals surface area contributed by atoms with Crippen molar-refractivity contribution >= 4 is 17.9 Å². The van der Waals surface area contributed by atoms with Gasteiger partial charge >= 0.3 is 17.9 Å². The molecule has 360 valence electrons. The Morgan fingerprint density at radius 1 is 0.339 bits per heavy atom. The average Bonchev–Trinajstić information content (AvgIpc) is 3.27. The molecule has 0 radical (unpaired) electrons. The molecule has 1 unspecified atom stereocenters. The molecular formula is C56H100O6. The highest BCUT2D eigenvalue weighted by Gasteiger charge is 2.19. The van der Waals surface area contributed by atoms with Gasteiger partial charge in [-0.1, -0.05) is 256 Å². The van der Waals surface area contributed by atoms with Crippen molar-refractivity contribution in [2.45, 2.75) is 277 Å². The largest absolute Gasteiger partial charge is 0.462 e. The van der Waals surface area contributed by atoms with E-state index in [9.17, 15) is 14.4 Å². The Morgan fingerprint density at radius 2 is 0.629 bits per heavy atom. The first kappa shape index (κ1) is 59.4. The number of hydrogen-bond donors (Lipinski definition) is 0. The molecule has 0 spiro atoms. The quantitative estimate of drug-likeness (QED) is 0.0262. The number of hydrogen-bond acceptors (Lipinski definition) is 6. The molecule has 0 aliphatic rings. The Labute approximate surface area is 384 Å². The molecule has 0 rings (SSSR count). The second-order valence-corrected chi connectivity index (χ2v) is 17.8. The van der Waals surface area contributed by atoms with Crippen molar-refractivity contribution in [1.82, 2.24) is 0 Å². The Balaban J connectivity index is 4.35. The van der Waals surface area contributed by atoms with Gasteiger partial charge in [-0.15, -0.1) is 0 Å². The summed E-state index contributed by atoms with van der Waals surface area (Å²) < 4.78 is 16.7. The molecule has 0 aromatic heterocycles. The second-order valence-electron chi connectivity index (χ2n) is 17.8. The molecule has 0 saturated carbocycles. The molecule has 62 heavy (non-hydrogen) atoms. The fraction of sp³-hybridized carbons (Fsp3) is 0.804. The second kappa shape index (κ2) is 51.0. The van der Waals surface area contributed by atoms with Gasteiger partial charge in [-0.05, 0) is 44.9 Å². The highest BCUT2D eigenvalue weighted by molar-refractivity contribution is 5.71. The average molecular weight is 869 g/mol. The van der Waals surface area contributed by atoms with E-state index < -0.39 is 6.10 Å². The van der Waals surface area contributed by atoms with Gasteiger partial charge in [0.2, 0.25) is 0 Å². The number of unbranched alkanes of at least 4 members (excludes halogenated alkanes) is 29. The minimum absolute atomic E-state index is 0.0977. The van der Waals surface area contributed by atoms with E-state index in [4.69, 9.17) is 14.2 Å². The lowest BCUT2D eigenvalue weighted by Crippen LogP contribution is -2.30. The van der Waals surface area contributed by atoms with Crippen molar-refractivity contribution < 1.29 is 28.6 Å². The van der Waals surface area contributed by atoms with Crippen molar-refractivity contribution in [1.29, 1.82) is 0 Å². The molecule has 6 nitrogen and oxygen atoms in total. The zero-order chi connectivity index (χ0) is 45.1. The van der Waals surface area contributed by atoms with Gasteiger partial charge in [0, 0.05) is 19.3 Å². The highest BCUT2D eigenvalue weighted by atomic mass is 16.6. The monoisotopic (exact) mass is 869 g/mol. The van der Waals surface area contributed by atoms with Crippen LogP contribution in [0.25, 0.3) is 0 Å². The molecule has 6 heteroatoms. The number of esters is 3. The van der Waals surface area contributed by atoms with Gasteiger partial charge in [-0.3, -0.25) is 14.4 Å². The number of carbonyl (C=O) groups is 3. The summed E-state index contributed by atoms with van der Waals surface area (Å²) in [6, 6.07) is 0. The van der Waals surface area contributed by atoms with Crippen LogP contribution in [0.5, 0.6) is 0 Å². The molecule has 0 bridgehead atoms. The first-order chi connectivity index (χ1) is 30.5. The van der Waals surface area contributed by atoms with E-state index in [1.165, 1.54) is 161 Å². The van der Waals surface area contributed by atoms with Crippen LogP contribution in [0.1, 0.15) is 271 Å². The summed E-state index contributed by atoms with van der Waals surface area (Å²) in [4.78, 5) is 37.9. The minimum atomic E-state index is -0.806. The van der Waals surface area contributed by atoms with E-state index in [1.807, 2.05) is 6.08 Å². The van der Waals surface area contributed by atoms with Crippen LogP contribution in [-0.2, 0) is 28.6 Å². The molecule has 0 saturated heterocycles. The fourth-order valence-corrected chi connectivity index (χ4v) is 7.63. The fourth-order valence-electron chi connectivity index (χ4n) is 7.63. The summed E-state index contributed by atoms with van der Waals surface area (Å²) in [5.41, 5.74) is 0. The van der Waals surface area contributed by atoms with Crippen LogP contribution in [0.3, 0.4) is 0 Å². The van der Waals surface area contributed by atoms with E-state index in [0.717, 1.165) is 64.2 Å². The molecule has 0 aliphatic heterocycles. The Morgan fingerprint density at radius 3 is 0.952 bits per heavy atom. The van der Waals surface area contributed by atoms with Gasteiger partial charge in [0.1, 0.15) is 13.2 Å². The summed E-state index contributed by atoms with van der Waals surface area (Å²) in [7, 11) is 0.